The summed E-state index contributed by atoms with van der Waals surface area (Å²) >= 11 is 2.74. The highest BCUT2D eigenvalue weighted by Crippen LogP contribution is 2.40. The predicted molar refractivity (Wildman–Crippen MR) is 99.6 cm³/mol. The molecule has 2 bridgehead atoms. The molecule has 0 radical (unpaired) electrons. The minimum absolute atomic E-state index is 0.157. The third-order valence-corrected chi connectivity index (χ3v) is 7.56. The zero-order valence-electron chi connectivity index (χ0n) is 14.3. The molecule has 25 heavy (non-hydrogen) atoms. The van der Waals surface area contributed by atoms with E-state index in [1.54, 1.807) is 12.1 Å². The Morgan fingerprint density at radius 2 is 1.64 bits per heavy atom. The van der Waals surface area contributed by atoms with E-state index in [-0.39, 0.29) is 6.10 Å². The molecule has 4 rings (SSSR count). The van der Waals surface area contributed by atoms with Crippen molar-refractivity contribution in [3.8, 4) is 0 Å². The van der Waals surface area contributed by atoms with Gasteiger partial charge in [-0.3, -0.25) is 0 Å². The summed E-state index contributed by atoms with van der Waals surface area (Å²) in [4.78, 5) is 14.2. The lowest BCUT2D eigenvalue weighted by Crippen LogP contribution is -2.57. The van der Waals surface area contributed by atoms with Crippen molar-refractivity contribution in [1.29, 1.82) is 0 Å². The Hall–Kier alpha value is -1.47. The van der Waals surface area contributed by atoms with Gasteiger partial charge in [0.2, 0.25) is 5.60 Å². The summed E-state index contributed by atoms with van der Waals surface area (Å²) in [5.41, 5.74) is -1.71. The third-order valence-electron chi connectivity index (χ3n) is 5.60. The van der Waals surface area contributed by atoms with Crippen LogP contribution >= 0.6 is 22.7 Å². The molecule has 1 N–H and O–H groups in total. The molecule has 1 fully saturated rings. The Kier molecular flexibility index (Phi) is 4.11. The van der Waals surface area contributed by atoms with Crippen LogP contribution in [0.15, 0.2) is 47.2 Å². The van der Waals surface area contributed by atoms with Gasteiger partial charge < -0.3 is 14.3 Å². The van der Waals surface area contributed by atoms with Crippen molar-refractivity contribution in [2.45, 2.75) is 36.6 Å². The number of ether oxygens (including phenoxy) is 1. The van der Waals surface area contributed by atoms with Gasteiger partial charge in [-0.1, -0.05) is 12.1 Å². The molecule has 2 aromatic rings. The molecule has 2 aliphatic rings. The molecule has 132 valence electrons. The van der Waals surface area contributed by atoms with Gasteiger partial charge >= 0.3 is 5.97 Å². The Bertz CT molecular complexity index is 727. The summed E-state index contributed by atoms with van der Waals surface area (Å²) in [6.45, 7) is 0. The first-order chi connectivity index (χ1) is 11.9. The number of likely N-dealkylation sites (N-methyl/N-ethyl adjacent to an activating group) is 1. The Balaban J connectivity index is 1.57. The number of quaternary nitrogens is 1. The van der Waals surface area contributed by atoms with E-state index in [1.165, 1.54) is 22.7 Å². The molecule has 2 unspecified atom stereocenters. The van der Waals surface area contributed by atoms with E-state index in [4.69, 9.17) is 4.74 Å². The Labute approximate surface area is 155 Å². The molecule has 4 nitrogen and oxygen atoms in total. The number of piperidine rings is 1. The van der Waals surface area contributed by atoms with Gasteiger partial charge in [0.05, 0.1) is 23.8 Å². The van der Waals surface area contributed by atoms with E-state index >= 15 is 0 Å². The molecule has 4 heterocycles. The van der Waals surface area contributed by atoms with Crippen LogP contribution in [0.2, 0.25) is 0 Å². The zero-order valence-corrected chi connectivity index (χ0v) is 15.9. The normalized spacial score (nSPS) is 27.4. The average molecular weight is 377 g/mol. The number of fused-ring (bicyclic) bond motifs is 2. The average Bonchev–Trinajstić information content (AvgIpc) is 3.29. The van der Waals surface area contributed by atoms with Crippen LogP contribution in [0, 0.1) is 0 Å². The molecule has 3 atom stereocenters. The SMILES string of the molecule is C[N+]1(C)C2C=C[C@@H]1CC(OC(=O)C(O)(c1cccs1)c1cccs1)C2. The number of thiophene rings is 2. The number of rotatable bonds is 4. The van der Waals surface area contributed by atoms with Crippen LogP contribution < -0.4 is 0 Å². The first-order valence-electron chi connectivity index (χ1n) is 8.45. The topological polar surface area (TPSA) is 46.5 Å². The number of nitrogens with zero attached hydrogens (tertiary/aromatic N) is 1. The third kappa shape index (κ3) is 2.68. The number of hydrogen-bond donors (Lipinski definition) is 1. The summed E-state index contributed by atoms with van der Waals surface area (Å²) in [6.07, 6.45) is 5.93. The van der Waals surface area contributed by atoms with E-state index < -0.39 is 11.6 Å². The maximum absolute atomic E-state index is 13.0. The van der Waals surface area contributed by atoms with E-state index in [0.29, 0.717) is 21.8 Å². The molecule has 1 saturated heterocycles. The monoisotopic (exact) mass is 376 g/mol. The van der Waals surface area contributed by atoms with Crippen molar-refractivity contribution in [3.63, 3.8) is 0 Å². The number of carbonyl (C=O) groups excluding carboxylic acids is 1. The lowest BCUT2D eigenvalue weighted by atomic mass is 9.95. The van der Waals surface area contributed by atoms with E-state index in [1.807, 2.05) is 22.9 Å². The number of esters is 1. The summed E-state index contributed by atoms with van der Waals surface area (Å²) in [5.74, 6) is -0.561. The number of carbonyl (C=O) groups is 1. The molecule has 6 heteroatoms. The van der Waals surface area contributed by atoms with Crippen molar-refractivity contribution in [1.82, 2.24) is 0 Å². The van der Waals surface area contributed by atoms with Gasteiger partial charge in [-0.25, -0.2) is 4.79 Å². The summed E-state index contributed by atoms with van der Waals surface area (Å²) in [7, 11) is 4.45. The molecule has 0 aliphatic carbocycles. The second kappa shape index (κ2) is 6.06. The summed E-state index contributed by atoms with van der Waals surface area (Å²) in [5, 5.41) is 15.0. The van der Waals surface area contributed by atoms with Crippen LogP contribution in [-0.4, -0.2) is 47.8 Å². The van der Waals surface area contributed by atoms with Gasteiger partial charge in [0.15, 0.2) is 0 Å². The van der Waals surface area contributed by atoms with Crippen molar-refractivity contribution >= 4 is 28.6 Å². The first kappa shape index (κ1) is 17.0. The lowest BCUT2D eigenvalue weighted by molar-refractivity contribution is -0.926. The fourth-order valence-electron chi connectivity index (χ4n) is 3.91. The van der Waals surface area contributed by atoms with Crippen molar-refractivity contribution in [2.75, 3.05) is 14.1 Å². The second-order valence-electron chi connectivity index (χ2n) is 7.31. The van der Waals surface area contributed by atoms with Crippen LogP contribution in [0.3, 0.4) is 0 Å². The Morgan fingerprint density at radius 1 is 1.12 bits per heavy atom. The number of hydrogen-bond acceptors (Lipinski definition) is 5. The maximum Gasteiger partial charge on any atom is 0.349 e. The highest BCUT2D eigenvalue weighted by Gasteiger charge is 2.49. The fraction of sp³-hybridized carbons (Fsp3) is 0.421. The van der Waals surface area contributed by atoms with Gasteiger partial charge in [-0.05, 0) is 35.0 Å². The molecule has 2 aliphatic heterocycles. The van der Waals surface area contributed by atoms with Crippen LogP contribution in [0.5, 0.6) is 0 Å². The fourth-order valence-corrected chi connectivity index (χ4v) is 5.62. The van der Waals surface area contributed by atoms with Crippen molar-refractivity contribution < 1.29 is 19.1 Å². The molecule has 0 aromatic carbocycles. The quantitative estimate of drug-likeness (QED) is 0.507. The molecule has 0 spiro atoms. The molecule has 2 aromatic heterocycles. The minimum Gasteiger partial charge on any atom is -0.459 e. The van der Waals surface area contributed by atoms with Gasteiger partial charge in [0.25, 0.3) is 0 Å². The van der Waals surface area contributed by atoms with E-state index in [9.17, 15) is 9.90 Å². The summed E-state index contributed by atoms with van der Waals surface area (Å²) < 4.78 is 6.78. The maximum atomic E-state index is 13.0. The first-order valence-corrected chi connectivity index (χ1v) is 10.2. The second-order valence-corrected chi connectivity index (χ2v) is 9.21. The van der Waals surface area contributed by atoms with Gasteiger partial charge in [-0.15, -0.1) is 22.7 Å². The highest BCUT2D eigenvalue weighted by atomic mass is 32.1. The van der Waals surface area contributed by atoms with Crippen LogP contribution in [-0.2, 0) is 15.1 Å². The smallest absolute Gasteiger partial charge is 0.349 e. The zero-order chi connectivity index (χ0) is 17.7. The van der Waals surface area contributed by atoms with E-state index in [0.717, 1.165) is 17.3 Å². The van der Waals surface area contributed by atoms with Crippen LogP contribution in [0.4, 0.5) is 0 Å². The van der Waals surface area contributed by atoms with E-state index in [2.05, 4.69) is 26.2 Å². The molecule has 0 amide bonds. The molecule has 0 saturated carbocycles. The predicted octanol–water partition coefficient (Wildman–Crippen LogP) is 3.13. The van der Waals surface area contributed by atoms with Crippen LogP contribution in [0.25, 0.3) is 0 Å². The lowest BCUT2D eigenvalue weighted by Gasteiger charge is -2.44. The summed E-state index contributed by atoms with van der Waals surface area (Å²) in [6, 6.07) is 8.00. The van der Waals surface area contributed by atoms with Crippen LogP contribution in [0.1, 0.15) is 22.6 Å². The molecular formula is C19H22NO3S2+. The highest BCUT2D eigenvalue weighted by molar-refractivity contribution is 7.12. The van der Waals surface area contributed by atoms with Crippen molar-refractivity contribution in [2.24, 2.45) is 0 Å². The number of aliphatic hydroxyl groups is 1. The largest absolute Gasteiger partial charge is 0.459 e. The van der Waals surface area contributed by atoms with Gasteiger partial charge in [0, 0.05) is 12.8 Å². The van der Waals surface area contributed by atoms with Gasteiger partial charge in [0.1, 0.15) is 18.2 Å². The minimum atomic E-state index is -1.71. The standard InChI is InChI=1S/C19H22NO3S2/c1-20(2)13-7-8-14(20)12-15(11-13)23-18(21)19(22,16-5-3-9-24-16)17-6-4-10-25-17/h3-10,13-15,22H,11-12H2,1-2H3/q+1/t13-,14?,15?/m1/s1. The van der Waals surface area contributed by atoms with Gasteiger partial charge in [-0.2, -0.15) is 0 Å². The Morgan fingerprint density at radius 3 is 2.08 bits per heavy atom. The molecular weight excluding hydrogens is 354 g/mol. The van der Waals surface area contributed by atoms with Crippen molar-refractivity contribution in [3.05, 3.63) is 56.9 Å².